The van der Waals surface area contributed by atoms with Gasteiger partial charge in [-0.05, 0) is 43.4 Å². The quantitative estimate of drug-likeness (QED) is 0.0222. The van der Waals surface area contributed by atoms with Gasteiger partial charge in [-0.3, -0.25) is 37.3 Å². The Hall–Kier alpha value is -1.94. The zero-order chi connectivity index (χ0) is 72.3. The molecule has 2 unspecified atom stereocenters. The molecule has 582 valence electrons. The van der Waals surface area contributed by atoms with Crippen LogP contribution in [-0.4, -0.2) is 96.7 Å². The molecule has 5 atom stereocenters. The van der Waals surface area contributed by atoms with Crippen molar-refractivity contribution in [2.75, 3.05) is 39.6 Å². The van der Waals surface area contributed by atoms with Gasteiger partial charge in [-0.1, -0.05) is 357 Å². The van der Waals surface area contributed by atoms with Gasteiger partial charge in [-0.25, -0.2) is 9.13 Å². The molecule has 0 saturated heterocycles. The van der Waals surface area contributed by atoms with E-state index in [-0.39, 0.29) is 25.7 Å². The first kappa shape index (κ1) is 96.1. The maximum absolute atomic E-state index is 13.1. The Morgan fingerprint density at radius 1 is 0.276 bits per heavy atom. The van der Waals surface area contributed by atoms with E-state index < -0.39 is 97.5 Å². The number of phosphoric acid groups is 2. The van der Waals surface area contributed by atoms with Gasteiger partial charge in [-0.2, -0.15) is 0 Å². The summed E-state index contributed by atoms with van der Waals surface area (Å²) in [4.78, 5) is 72.9. The minimum atomic E-state index is -4.96. The van der Waals surface area contributed by atoms with Gasteiger partial charge in [0.05, 0.1) is 26.4 Å². The molecule has 0 aromatic heterocycles. The molecular formula is C79H154O17P2. The molecule has 0 amide bonds. The SMILES string of the molecule is CCCCCCCCCCCCCCCCCCCCCCCCC(=O)O[C@H](COC(=O)CCCCCCCCCCCCCC(C)C)COP(=O)(O)OC[C@@H](O)COP(=O)(O)OC[C@@H](COC(=O)CCCCCCCCCC(C)C)OC(=O)CCCCCCCCCCCC(C)C. The number of unbranched alkanes of at least 4 members (excludes halogenated alkanes) is 45. The molecule has 0 aliphatic heterocycles. The molecule has 0 aliphatic rings. The molecule has 17 nitrogen and oxygen atoms in total. The van der Waals surface area contributed by atoms with Crippen LogP contribution in [0, 0.1) is 17.8 Å². The lowest BCUT2D eigenvalue weighted by Crippen LogP contribution is -2.30. The molecule has 0 saturated carbocycles. The van der Waals surface area contributed by atoms with Crippen molar-refractivity contribution in [3.05, 3.63) is 0 Å². The van der Waals surface area contributed by atoms with E-state index in [0.717, 1.165) is 108 Å². The number of hydrogen-bond donors (Lipinski definition) is 3. The summed E-state index contributed by atoms with van der Waals surface area (Å²) < 4.78 is 68.6. The second-order valence-corrected chi connectivity index (χ2v) is 32.8. The Bertz CT molecular complexity index is 1900. The van der Waals surface area contributed by atoms with Crippen LogP contribution in [-0.2, 0) is 65.4 Å². The second kappa shape index (κ2) is 69.4. The summed E-state index contributed by atoms with van der Waals surface area (Å²) in [7, 11) is -9.92. The molecule has 0 bridgehead atoms. The molecule has 0 spiro atoms. The van der Waals surface area contributed by atoms with Gasteiger partial charge in [0.2, 0.25) is 0 Å². The number of aliphatic hydroxyl groups excluding tert-OH is 1. The van der Waals surface area contributed by atoms with Crippen molar-refractivity contribution in [1.29, 1.82) is 0 Å². The number of esters is 4. The number of rotatable bonds is 77. The van der Waals surface area contributed by atoms with Crippen LogP contribution in [0.2, 0.25) is 0 Å². The Kier molecular flexibility index (Phi) is 68.1. The highest BCUT2D eigenvalue weighted by Crippen LogP contribution is 2.45. The van der Waals surface area contributed by atoms with Gasteiger partial charge in [0.1, 0.15) is 19.3 Å². The van der Waals surface area contributed by atoms with E-state index in [1.165, 1.54) is 212 Å². The molecule has 0 aromatic carbocycles. The third kappa shape index (κ3) is 72.4. The average molecular weight is 1440 g/mol. The van der Waals surface area contributed by atoms with Gasteiger partial charge in [0.15, 0.2) is 12.2 Å². The summed E-state index contributed by atoms with van der Waals surface area (Å²) in [6.45, 7) is 11.8. The van der Waals surface area contributed by atoms with Crippen molar-refractivity contribution in [3.8, 4) is 0 Å². The van der Waals surface area contributed by atoms with Gasteiger partial charge >= 0.3 is 39.5 Å². The fourth-order valence-electron chi connectivity index (χ4n) is 12.1. The minimum Gasteiger partial charge on any atom is -0.462 e. The lowest BCUT2D eigenvalue weighted by molar-refractivity contribution is -0.161. The number of carbonyl (C=O) groups is 4. The molecule has 0 rings (SSSR count). The lowest BCUT2D eigenvalue weighted by atomic mass is 10.0. The Balaban J connectivity index is 5.20. The average Bonchev–Trinajstić information content (AvgIpc) is 0.940. The summed E-state index contributed by atoms with van der Waals surface area (Å²) in [6.07, 6.45) is 57.2. The van der Waals surface area contributed by atoms with E-state index in [9.17, 15) is 43.2 Å². The first-order chi connectivity index (χ1) is 47.2. The van der Waals surface area contributed by atoms with Crippen LogP contribution < -0.4 is 0 Å². The fourth-order valence-corrected chi connectivity index (χ4v) is 13.7. The summed E-state index contributed by atoms with van der Waals surface area (Å²) in [6, 6.07) is 0. The third-order valence-corrected chi connectivity index (χ3v) is 20.3. The van der Waals surface area contributed by atoms with Crippen molar-refractivity contribution >= 4 is 39.5 Å². The lowest BCUT2D eigenvalue weighted by Gasteiger charge is -2.21. The highest BCUT2D eigenvalue weighted by Gasteiger charge is 2.30. The van der Waals surface area contributed by atoms with Crippen molar-refractivity contribution in [1.82, 2.24) is 0 Å². The van der Waals surface area contributed by atoms with Crippen LogP contribution >= 0.6 is 15.6 Å². The van der Waals surface area contributed by atoms with E-state index in [0.29, 0.717) is 31.6 Å². The largest absolute Gasteiger partial charge is 0.472 e. The van der Waals surface area contributed by atoms with Crippen LogP contribution in [0.1, 0.15) is 408 Å². The molecule has 98 heavy (non-hydrogen) atoms. The summed E-state index contributed by atoms with van der Waals surface area (Å²) in [5.41, 5.74) is 0. The first-order valence-corrected chi connectivity index (χ1v) is 43.8. The molecule has 0 fully saturated rings. The normalized spacial score (nSPS) is 14.0. The Labute approximate surface area is 600 Å². The molecule has 0 radical (unpaired) electrons. The predicted octanol–water partition coefficient (Wildman–Crippen LogP) is 23.4. The van der Waals surface area contributed by atoms with Crippen LogP contribution in [0.5, 0.6) is 0 Å². The standard InChI is InChI=1S/C79H154O17P2/c1-8-9-10-11-12-13-14-15-16-17-18-19-20-21-22-23-24-27-33-40-48-55-62-78(83)95-74(66-89-76(81)60-53-46-39-32-28-25-26-30-36-43-50-57-70(2)3)68-93-97(85,86)91-64-73(80)65-92-98(87,88)94-69-75(67-90-77(82)61-54-47-42-35-38-45-52-59-72(6)7)96-79(84)63-56-49-41-34-29-31-37-44-51-58-71(4)5/h70-75,80H,8-69H2,1-7H3,(H,85,86)(H,87,88)/t73-,74-,75-/m1/s1. The number of phosphoric ester groups is 2. The van der Waals surface area contributed by atoms with E-state index >= 15 is 0 Å². The summed E-state index contributed by atoms with van der Waals surface area (Å²) in [5.74, 6) is 0.0947. The fraction of sp³-hybridized carbons (Fsp3) is 0.949. The van der Waals surface area contributed by atoms with Gasteiger partial charge in [-0.15, -0.1) is 0 Å². The summed E-state index contributed by atoms with van der Waals surface area (Å²) in [5, 5.41) is 10.6. The Morgan fingerprint density at radius 2 is 0.469 bits per heavy atom. The van der Waals surface area contributed by atoms with E-state index in [1.54, 1.807) is 0 Å². The molecule has 0 heterocycles. The maximum Gasteiger partial charge on any atom is 0.472 e. The highest BCUT2D eigenvalue weighted by atomic mass is 31.2. The maximum atomic E-state index is 13.1. The van der Waals surface area contributed by atoms with E-state index in [2.05, 4.69) is 48.5 Å². The highest BCUT2D eigenvalue weighted by molar-refractivity contribution is 7.47. The second-order valence-electron chi connectivity index (χ2n) is 29.9. The molecular weight excluding hydrogens is 1280 g/mol. The molecule has 3 N–H and O–H groups in total. The van der Waals surface area contributed by atoms with E-state index in [1.807, 2.05) is 0 Å². The van der Waals surface area contributed by atoms with Crippen LogP contribution in [0.4, 0.5) is 0 Å². The molecule has 19 heteroatoms. The predicted molar refractivity (Wildman–Crippen MR) is 400 cm³/mol. The smallest absolute Gasteiger partial charge is 0.462 e. The van der Waals surface area contributed by atoms with Crippen molar-refractivity contribution < 1.29 is 80.2 Å². The number of aliphatic hydroxyl groups is 1. The minimum absolute atomic E-state index is 0.104. The number of carbonyl (C=O) groups excluding carboxylic acids is 4. The van der Waals surface area contributed by atoms with Gasteiger partial charge in [0.25, 0.3) is 0 Å². The topological polar surface area (TPSA) is 237 Å². The van der Waals surface area contributed by atoms with E-state index in [4.69, 9.17) is 37.0 Å². The van der Waals surface area contributed by atoms with Crippen molar-refractivity contribution in [2.45, 2.75) is 426 Å². The van der Waals surface area contributed by atoms with Gasteiger partial charge < -0.3 is 33.8 Å². The number of ether oxygens (including phenoxy) is 4. The van der Waals surface area contributed by atoms with Crippen LogP contribution in [0.3, 0.4) is 0 Å². The van der Waals surface area contributed by atoms with Crippen molar-refractivity contribution in [3.63, 3.8) is 0 Å². The summed E-state index contributed by atoms with van der Waals surface area (Å²) >= 11 is 0. The Morgan fingerprint density at radius 3 is 0.694 bits per heavy atom. The first-order valence-electron chi connectivity index (χ1n) is 40.8. The van der Waals surface area contributed by atoms with Crippen LogP contribution in [0.15, 0.2) is 0 Å². The molecule has 0 aliphatic carbocycles. The van der Waals surface area contributed by atoms with Crippen LogP contribution in [0.25, 0.3) is 0 Å². The zero-order valence-corrected chi connectivity index (χ0v) is 66.0. The monoisotopic (exact) mass is 1440 g/mol. The molecule has 0 aromatic rings. The van der Waals surface area contributed by atoms with Crippen molar-refractivity contribution in [2.24, 2.45) is 17.8 Å². The number of hydrogen-bond acceptors (Lipinski definition) is 15. The zero-order valence-electron chi connectivity index (χ0n) is 64.3. The van der Waals surface area contributed by atoms with Gasteiger partial charge in [0, 0.05) is 25.7 Å². The third-order valence-electron chi connectivity index (χ3n) is 18.4.